The van der Waals surface area contributed by atoms with Gasteiger partial charge in [-0.2, -0.15) is 0 Å². The van der Waals surface area contributed by atoms with Crippen LogP contribution in [0.15, 0.2) is 49.7 Å². The molecule has 82 valence electrons. The first-order chi connectivity index (χ1) is 7.66. The number of aromatic nitrogens is 2. The van der Waals surface area contributed by atoms with E-state index in [0.717, 1.165) is 16.7 Å². The molecule has 1 aromatic heterocycles. The molecular formula is C10H8N2O3S. The van der Waals surface area contributed by atoms with Crippen LogP contribution in [0.25, 0.3) is 0 Å². The monoisotopic (exact) mass is 236 g/mol. The molecule has 5 nitrogen and oxygen atoms in total. The van der Waals surface area contributed by atoms with Gasteiger partial charge in [0, 0.05) is 4.90 Å². The molecule has 1 heterocycles. The van der Waals surface area contributed by atoms with Gasteiger partial charge in [-0.15, -0.1) is 0 Å². The van der Waals surface area contributed by atoms with Gasteiger partial charge >= 0.3 is 5.69 Å². The molecule has 0 radical (unpaired) electrons. The van der Waals surface area contributed by atoms with Crippen molar-refractivity contribution in [3.05, 3.63) is 51.2 Å². The standard InChI is InChI=1S/C10H8N2O3S/c13-8-7(9(14)12-10(15)11-8)16-6-4-2-1-3-5-6/h1-5H,(H3,11,12,13,14,15). The topological polar surface area (TPSA) is 85.9 Å². The zero-order valence-electron chi connectivity index (χ0n) is 8.06. The molecule has 6 heteroatoms. The van der Waals surface area contributed by atoms with Crippen LogP contribution in [0.5, 0.6) is 5.88 Å². The van der Waals surface area contributed by atoms with Crippen LogP contribution in [0.3, 0.4) is 0 Å². The van der Waals surface area contributed by atoms with E-state index in [-0.39, 0.29) is 4.90 Å². The lowest BCUT2D eigenvalue weighted by Gasteiger charge is -2.01. The Bertz CT molecular complexity index is 603. The summed E-state index contributed by atoms with van der Waals surface area (Å²) in [7, 11) is 0. The zero-order chi connectivity index (χ0) is 11.5. The summed E-state index contributed by atoms with van der Waals surface area (Å²) in [4.78, 5) is 27.3. The molecule has 2 rings (SSSR count). The lowest BCUT2D eigenvalue weighted by Crippen LogP contribution is -2.22. The number of hydrogen-bond donors (Lipinski definition) is 3. The van der Waals surface area contributed by atoms with Crippen molar-refractivity contribution in [2.24, 2.45) is 0 Å². The minimum atomic E-state index is -0.722. The predicted octanol–water partition coefficient (Wildman–Crippen LogP) is 0.920. The lowest BCUT2D eigenvalue weighted by molar-refractivity contribution is 0.433. The highest BCUT2D eigenvalue weighted by Crippen LogP contribution is 2.28. The zero-order valence-corrected chi connectivity index (χ0v) is 8.88. The quantitative estimate of drug-likeness (QED) is 0.723. The SMILES string of the molecule is O=c1[nH]c(O)c(Sc2ccccc2)c(=O)[nH]1. The summed E-state index contributed by atoms with van der Waals surface area (Å²) in [6.45, 7) is 0. The third-order valence-electron chi connectivity index (χ3n) is 1.84. The van der Waals surface area contributed by atoms with Crippen molar-refractivity contribution in [3.63, 3.8) is 0 Å². The van der Waals surface area contributed by atoms with Gasteiger partial charge in [0.15, 0.2) is 0 Å². The van der Waals surface area contributed by atoms with E-state index in [1.165, 1.54) is 0 Å². The number of hydrogen-bond acceptors (Lipinski definition) is 4. The summed E-state index contributed by atoms with van der Waals surface area (Å²) in [6.07, 6.45) is 0. The van der Waals surface area contributed by atoms with Gasteiger partial charge in [-0.3, -0.25) is 14.8 Å². The summed E-state index contributed by atoms with van der Waals surface area (Å²) in [6, 6.07) is 9.09. The maximum Gasteiger partial charge on any atom is 0.328 e. The molecule has 3 N–H and O–H groups in total. The number of aromatic hydroxyl groups is 1. The van der Waals surface area contributed by atoms with Gasteiger partial charge in [0.25, 0.3) is 5.56 Å². The van der Waals surface area contributed by atoms with Crippen molar-refractivity contribution in [3.8, 4) is 5.88 Å². The van der Waals surface area contributed by atoms with Crippen LogP contribution in [0.2, 0.25) is 0 Å². The summed E-state index contributed by atoms with van der Waals surface area (Å²) < 4.78 is 0. The Morgan fingerprint density at radius 3 is 2.38 bits per heavy atom. The Morgan fingerprint density at radius 1 is 1.06 bits per heavy atom. The van der Waals surface area contributed by atoms with Crippen molar-refractivity contribution in [2.45, 2.75) is 9.79 Å². The van der Waals surface area contributed by atoms with E-state index < -0.39 is 17.1 Å². The van der Waals surface area contributed by atoms with Crippen molar-refractivity contribution in [1.29, 1.82) is 0 Å². The Balaban J connectivity index is 2.43. The molecular weight excluding hydrogens is 228 g/mol. The summed E-state index contributed by atoms with van der Waals surface area (Å²) in [5, 5.41) is 9.44. The molecule has 0 aliphatic rings. The van der Waals surface area contributed by atoms with Crippen molar-refractivity contribution >= 4 is 11.8 Å². The molecule has 0 spiro atoms. The van der Waals surface area contributed by atoms with Crippen molar-refractivity contribution in [2.75, 3.05) is 0 Å². The van der Waals surface area contributed by atoms with Crippen LogP contribution in [0.1, 0.15) is 0 Å². The molecule has 0 aliphatic heterocycles. The first-order valence-electron chi connectivity index (χ1n) is 4.45. The van der Waals surface area contributed by atoms with Gasteiger partial charge in [-0.1, -0.05) is 30.0 Å². The Kier molecular flexibility index (Phi) is 2.82. The van der Waals surface area contributed by atoms with E-state index in [9.17, 15) is 14.7 Å². The second-order valence-electron chi connectivity index (χ2n) is 3.00. The number of aromatic amines is 2. The normalized spacial score (nSPS) is 10.2. The first-order valence-corrected chi connectivity index (χ1v) is 5.27. The van der Waals surface area contributed by atoms with Crippen molar-refractivity contribution < 1.29 is 5.11 Å². The number of nitrogens with one attached hydrogen (secondary N) is 2. The Labute approximate surface area is 94.2 Å². The van der Waals surface area contributed by atoms with E-state index in [0.29, 0.717) is 0 Å². The molecule has 0 unspecified atom stereocenters. The lowest BCUT2D eigenvalue weighted by atomic mass is 10.4. The maximum absolute atomic E-state index is 11.4. The average Bonchev–Trinajstić information content (AvgIpc) is 2.25. The average molecular weight is 236 g/mol. The molecule has 0 saturated heterocycles. The van der Waals surface area contributed by atoms with Gasteiger partial charge in [-0.05, 0) is 12.1 Å². The minimum absolute atomic E-state index is 0.0748. The molecule has 2 aromatic rings. The molecule has 0 atom stereocenters. The number of rotatable bonds is 2. The molecule has 0 aliphatic carbocycles. The van der Waals surface area contributed by atoms with Gasteiger partial charge in [0.05, 0.1) is 0 Å². The fourth-order valence-corrected chi connectivity index (χ4v) is 1.98. The largest absolute Gasteiger partial charge is 0.494 e. The highest BCUT2D eigenvalue weighted by molar-refractivity contribution is 7.99. The molecule has 16 heavy (non-hydrogen) atoms. The second-order valence-corrected chi connectivity index (χ2v) is 4.08. The minimum Gasteiger partial charge on any atom is -0.494 e. The fourth-order valence-electron chi connectivity index (χ4n) is 1.16. The third kappa shape index (κ3) is 2.17. The maximum atomic E-state index is 11.4. The smallest absolute Gasteiger partial charge is 0.328 e. The van der Waals surface area contributed by atoms with Gasteiger partial charge in [-0.25, -0.2) is 4.79 Å². The third-order valence-corrected chi connectivity index (χ3v) is 2.93. The number of benzene rings is 1. The fraction of sp³-hybridized carbons (Fsp3) is 0. The van der Waals surface area contributed by atoms with Crippen LogP contribution in [-0.2, 0) is 0 Å². The van der Waals surface area contributed by atoms with Gasteiger partial charge in [0.2, 0.25) is 5.88 Å². The highest BCUT2D eigenvalue weighted by Gasteiger charge is 2.09. The van der Waals surface area contributed by atoms with Crippen LogP contribution in [0.4, 0.5) is 0 Å². The van der Waals surface area contributed by atoms with Crippen LogP contribution < -0.4 is 11.2 Å². The summed E-state index contributed by atoms with van der Waals surface area (Å²) in [5.74, 6) is -0.414. The molecule has 0 saturated carbocycles. The molecule has 0 fully saturated rings. The number of H-pyrrole nitrogens is 2. The highest BCUT2D eigenvalue weighted by atomic mass is 32.2. The predicted molar refractivity (Wildman–Crippen MR) is 59.9 cm³/mol. The van der Waals surface area contributed by atoms with E-state index in [2.05, 4.69) is 9.97 Å². The molecule has 0 amide bonds. The first kappa shape index (κ1) is 10.6. The van der Waals surface area contributed by atoms with Crippen LogP contribution >= 0.6 is 11.8 Å². The van der Waals surface area contributed by atoms with E-state index in [1.54, 1.807) is 12.1 Å². The van der Waals surface area contributed by atoms with Gasteiger partial charge < -0.3 is 5.11 Å². The summed E-state index contributed by atoms with van der Waals surface area (Å²) in [5.41, 5.74) is -1.32. The summed E-state index contributed by atoms with van der Waals surface area (Å²) >= 11 is 1.09. The molecule has 0 bridgehead atoms. The van der Waals surface area contributed by atoms with E-state index in [4.69, 9.17) is 0 Å². The Morgan fingerprint density at radius 2 is 1.75 bits per heavy atom. The van der Waals surface area contributed by atoms with E-state index in [1.807, 2.05) is 18.2 Å². The van der Waals surface area contributed by atoms with Crippen LogP contribution in [0, 0.1) is 0 Å². The van der Waals surface area contributed by atoms with Crippen LogP contribution in [-0.4, -0.2) is 15.1 Å². The van der Waals surface area contributed by atoms with E-state index >= 15 is 0 Å². The molecule has 1 aromatic carbocycles. The second kappa shape index (κ2) is 4.28. The Hall–Kier alpha value is -1.95. The van der Waals surface area contributed by atoms with Gasteiger partial charge in [0.1, 0.15) is 4.90 Å². The van der Waals surface area contributed by atoms with Crippen molar-refractivity contribution in [1.82, 2.24) is 9.97 Å².